The molecule has 1 saturated heterocycles. The molecular weight excluding hydrogens is 428 g/mol. The molecule has 0 spiro atoms. The van der Waals surface area contributed by atoms with Crippen LogP contribution in [0.15, 0.2) is 72.8 Å². The van der Waals surface area contributed by atoms with Gasteiger partial charge in [-0.05, 0) is 72.4 Å². The molecule has 4 nitrogen and oxygen atoms in total. The first-order valence-electron chi connectivity index (χ1n) is 11.6. The summed E-state index contributed by atoms with van der Waals surface area (Å²) in [5.74, 6) is 0.467. The van der Waals surface area contributed by atoms with Crippen molar-refractivity contribution in [2.45, 2.75) is 44.9 Å². The maximum atomic E-state index is 12.6. The monoisotopic (exact) mass is 458 g/mol. The number of rotatable bonds is 8. The number of carbonyl (C=O) groups excluding carboxylic acids is 2. The van der Waals surface area contributed by atoms with Crippen LogP contribution in [-0.4, -0.2) is 17.6 Å². The Morgan fingerprint density at radius 2 is 1.61 bits per heavy atom. The second kappa shape index (κ2) is 10.7. The van der Waals surface area contributed by atoms with Gasteiger partial charge in [0.2, 0.25) is 5.91 Å². The molecule has 0 bridgehead atoms. The van der Waals surface area contributed by atoms with Crippen molar-refractivity contribution in [3.8, 4) is 0 Å². The van der Waals surface area contributed by atoms with E-state index in [9.17, 15) is 9.59 Å². The van der Waals surface area contributed by atoms with Gasteiger partial charge in [0.1, 0.15) is 5.37 Å². The van der Waals surface area contributed by atoms with Gasteiger partial charge in [-0.3, -0.25) is 14.5 Å². The predicted molar refractivity (Wildman–Crippen MR) is 138 cm³/mol. The first-order valence-corrected chi connectivity index (χ1v) is 12.7. The summed E-state index contributed by atoms with van der Waals surface area (Å²) in [6.07, 6.45) is 4.34. The van der Waals surface area contributed by atoms with Gasteiger partial charge in [-0.2, -0.15) is 0 Å². The topological polar surface area (TPSA) is 49.4 Å². The normalized spacial score (nSPS) is 15.6. The number of thioether (sulfide) groups is 1. The van der Waals surface area contributed by atoms with Gasteiger partial charge in [0, 0.05) is 16.9 Å². The average Bonchev–Trinajstić information content (AvgIpc) is 3.24. The first kappa shape index (κ1) is 23.1. The minimum Gasteiger partial charge on any atom is -0.322 e. The second-order valence-electron chi connectivity index (χ2n) is 8.32. The van der Waals surface area contributed by atoms with Crippen LogP contribution in [0, 0.1) is 0 Å². The van der Waals surface area contributed by atoms with Crippen molar-refractivity contribution in [1.29, 1.82) is 0 Å². The van der Waals surface area contributed by atoms with E-state index in [4.69, 9.17) is 0 Å². The Morgan fingerprint density at radius 1 is 0.939 bits per heavy atom. The number of amides is 2. The number of nitrogens with one attached hydrogen (secondary N) is 1. The summed E-state index contributed by atoms with van der Waals surface area (Å²) in [6.45, 7) is 4.30. The molecule has 1 N–H and O–H groups in total. The zero-order valence-electron chi connectivity index (χ0n) is 19.2. The van der Waals surface area contributed by atoms with E-state index in [2.05, 4.69) is 31.3 Å². The molecule has 0 saturated carbocycles. The molecule has 1 aliphatic heterocycles. The quantitative estimate of drug-likeness (QED) is 0.412. The number of unbranched alkanes of at least 4 members (excludes halogenated alkanes) is 1. The fourth-order valence-corrected chi connectivity index (χ4v) is 5.16. The smallest absolute Gasteiger partial charge is 0.255 e. The number of hydrogen-bond donors (Lipinski definition) is 1. The lowest BCUT2D eigenvalue weighted by atomic mass is 10.1. The maximum absolute atomic E-state index is 12.6. The molecule has 170 valence electrons. The van der Waals surface area contributed by atoms with Crippen LogP contribution in [0.5, 0.6) is 0 Å². The molecular formula is C28H30N2O2S. The van der Waals surface area contributed by atoms with Crippen LogP contribution in [0.4, 0.5) is 11.4 Å². The summed E-state index contributed by atoms with van der Waals surface area (Å²) in [5, 5.41) is 2.91. The lowest BCUT2D eigenvalue weighted by Crippen LogP contribution is -2.27. The summed E-state index contributed by atoms with van der Waals surface area (Å²) >= 11 is 1.63. The molecule has 1 fully saturated rings. The van der Waals surface area contributed by atoms with Gasteiger partial charge in [-0.25, -0.2) is 0 Å². The SMILES string of the molecule is CCCCc1ccc(C(=O)Nc2ccc(C3SCC(=O)N3c3ccc(CC)cc3)cc2)cc1. The molecule has 1 unspecified atom stereocenters. The van der Waals surface area contributed by atoms with E-state index >= 15 is 0 Å². The molecule has 1 aliphatic rings. The highest BCUT2D eigenvalue weighted by Crippen LogP contribution is 2.42. The Kier molecular flexibility index (Phi) is 7.50. The molecule has 3 aromatic carbocycles. The summed E-state index contributed by atoms with van der Waals surface area (Å²) in [5.41, 5.74) is 5.88. The Hall–Kier alpha value is -3.05. The van der Waals surface area contributed by atoms with E-state index < -0.39 is 0 Å². The number of hydrogen-bond acceptors (Lipinski definition) is 3. The molecule has 0 aliphatic carbocycles. The molecule has 1 heterocycles. The molecule has 5 heteroatoms. The summed E-state index contributed by atoms with van der Waals surface area (Å²) in [4.78, 5) is 27.1. The van der Waals surface area contributed by atoms with Gasteiger partial charge in [-0.15, -0.1) is 11.8 Å². The Balaban J connectivity index is 1.43. The maximum Gasteiger partial charge on any atom is 0.255 e. The number of anilines is 2. The average molecular weight is 459 g/mol. The van der Waals surface area contributed by atoms with E-state index in [1.54, 1.807) is 11.8 Å². The van der Waals surface area contributed by atoms with Gasteiger partial charge in [0.25, 0.3) is 5.91 Å². The molecule has 2 amide bonds. The number of nitrogens with zero attached hydrogens (tertiary/aromatic N) is 1. The van der Waals surface area contributed by atoms with Crippen molar-refractivity contribution in [2.75, 3.05) is 16.0 Å². The molecule has 3 aromatic rings. The van der Waals surface area contributed by atoms with Crippen molar-refractivity contribution in [3.05, 3.63) is 95.1 Å². The van der Waals surface area contributed by atoms with E-state index in [0.29, 0.717) is 11.3 Å². The summed E-state index contributed by atoms with van der Waals surface area (Å²) in [7, 11) is 0. The van der Waals surface area contributed by atoms with Crippen LogP contribution in [0.2, 0.25) is 0 Å². The van der Waals surface area contributed by atoms with Gasteiger partial charge in [0.15, 0.2) is 0 Å². The predicted octanol–water partition coefficient (Wildman–Crippen LogP) is 6.62. The lowest BCUT2D eigenvalue weighted by Gasteiger charge is -2.24. The molecule has 0 radical (unpaired) electrons. The highest BCUT2D eigenvalue weighted by atomic mass is 32.2. The van der Waals surface area contributed by atoms with Gasteiger partial charge >= 0.3 is 0 Å². The number of benzene rings is 3. The van der Waals surface area contributed by atoms with Crippen LogP contribution in [-0.2, 0) is 17.6 Å². The third kappa shape index (κ3) is 5.48. The van der Waals surface area contributed by atoms with Crippen molar-refractivity contribution < 1.29 is 9.59 Å². The zero-order valence-corrected chi connectivity index (χ0v) is 20.0. The Labute approximate surface area is 200 Å². The number of aryl methyl sites for hydroxylation is 2. The molecule has 0 aromatic heterocycles. The van der Waals surface area contributed by atoms with E-state index in [0.717, 1.165) is 42.6 Å². The summed E-state index contributed by atoms with van der Waals surface area (Å²) < 4.78 is 0. The standard InChI is InChI=1S/C28H30N2O2S/c1-3-5-6-21-7-11-22(12-8-21)27(32)29-24-15-13-23(14-16-24)28-30(26(31)19-33-28)25-17-9-20(4-2)10-18-25/h7-18,28H,3-6,19H2,1-2H3,(H,29,32). The fraction of sp³-hybridized carbons (Fsp3) is 0.286. The van der Waals surface area contributed by atoms with Crippen molar-refractivity contribution in [3.63, 3.8) is 0 Å². The van der Waals surface area contributed by atoms with Crippen molar-refractivity contribution in [2.24, 2.45) is 0 Å². The zero-order chi connectivity index (χ0) is 23.2. The van der Waals surface area contributed by atoms with Crippen LogP contribution in [0.1, 0.15) is 59.1 Å². The minimum atomic E-state index is -0.118. The molecule has 1 atom stereocenters. The number of carbonyl (C=O) groups is 2. The largest absolute Gasteiger partial charge is 0.322 e. The van der Waals surface area contributed by atoms with E-state index in [-0.39, 0.29) is 17.2 Å². The lowest BCUT2D eigenvalue weighted by molar-refractivity contribution is -0.115. The highest BCUT2D eigenvalue weighted by molar-refractivity contribution is 8.00. The third-order valence-electron chi connectivity index (χ3n) is 5.98. The van der Waals surface area contributed by atoms with E-state index in [1.807, 2.05) is 65.6 Å². The Bertz CT molecular complexity index is 1090. The van der Waals surface area contributed by atoms with Crippen LogP contribution in [0.3, 0.4) is 0 Å². The summed E-state index contributed by atoms with van der Waals surface area (Å²) in [6, 6.07) is 23.8. The Morgan fingerprint density at radius 3 is 2.24 bits per heavy atom. The molecule has 4 rings (SSSR count). The van der Waals surface area contributed by atoms with Gasteiger partial charge < -0.3 is 5.32 Å². The minimum absolute atomic E-state index is 0.0645. The van der Waals surface area contributed by atoms with Crippen LogP contribution in [0.25, 0.3) is 0 Å². The fourth-order valence-electron chi connectivity index (χ4n) is 3.98. The van der Waals surface area contributed by atoms with Gasteiger partial charge in [0.05, 0.1) is 5.75 Å². The van der Waals surface area contributed by atoms with E-state index in [1.165, 1.54) is 11.1 Å². The van der Waals surface area contributed by atoms with Crippen LogP contribution < -0.4 is 10.2 Å². The van der Waals surface area contributed by atoms with Crippen molar-refractivity contribution >= 4 is 35.0 Å². The third-order valence-corrected chi connectivity index (χ3v) is 7.19. The first-order chi connectivity index (χ1) is 16.1. The highest BCUT2D eigenvalue weighted by Gasteiger charge is 2.33. The van der Waals surface area contributed by atoms with Crippen molar-refractivity contribution in [1.82, 2.24) is 0 Å². The second-order valence-corrected chi connectivity index (χ2v) is 9.39. The van der Waals surface area contributed by atoms with Crippen LogP contribution >= 0.6 is 11.8 Å². The van der Waals surface area contributed by atoms with Gasteiger partial charge in [-0.1, -0.05) is 56.7 Å². The molecule has 33 heavy (non-hydrogen) atoms.